The number of hydrogen-bond acceptors (Lipinski definition) is 6. The van der Waals surface area contributed by atoms with Gasteiger partial charge in [0.25, 0.3) is 11.6 Å². The monoisotopic (exact) mass is 585 g/mol. The lowest BCUT2D eigenvalue weighted by Crippen LogP contribution is -2.13. The first-order valence-electron chi connectivity index (χ1n) is 9.73. The van der Waals surface area contributed by atoms with Crippen LogP contribution in [0.25, 0.3) is 6.08 Å². The summed E-state index contributed by atoms with van der Waals surface area (Å²) in [6, 6.07) is 18.4. The van der Waals surface area contributed by atoms with Gasteiger partial charge in [0.1, 0.15) is 18.2 Å². The maximum Gasteiger partial charge on any atom is 0.269 e. The first-order chi connectivity index (χ1) is 16.3. The predicted octanol–water partition coefficient (Wildman–Crippen LogP) is 6.25. The number of nitrogens with one attached hydrogen (secondary N) is 1. The quantitative estimate of drug-likeness (QED) is 0.144. The van der Waals surface area contributed by atoms with E-state index >= 15 is 0 Å². The molecule has 34 heavy (non-hydrogen) atoms. The highest BCUT2D eigenvalue weighted by Crippen LogP contribution is 2.38. The zero-order chi connectivity index (χ0) is 24.7. The largest absolute Gasteiger partial charge is 0.493 e. The number of nitro groups is 1. The third-order valence-corrected chi connectivity index (χ3v) is 5.60. The second kappa shape index (κ2) is 11.4. The molecule has 0 bridgehead atoms. The average molecular weight is 587 g/mol. The Morgan fingerprint density at radius 3 is 2.62 bits per heavy atom. The SMILES string of the molecule is COc1cc(/C=C(/C#N)C(=O)Nc2cccc(Br)c2)cc(Br)c1OCc1cccc([N+](=O)[O-])c1. The summed E-state index contributed by atoms with van der Waals surface area (Å²) in [5, 5.41) is 23.2. The molecule has 0 aromatic heterocycles. The van der Waals surface area contributed by atoms with Crippen LogP contribution in [0.3, 0.4) is 0 Å². The van der Waals surface area contributed by atoms with Crippen LogP contribution in [0.4, 0.5) is 11.4 Å². The molecule has 0 aliphatic heterocycles. The van der Waals surface area contributed by atoms with Crippen molar-refractivity contribution < 1.29 is 19.2 Å². The lowest BCUT2D eigenvalue weighted by molar-refractivity contribution is -0.384. The number of hydrogen-bond donors (Lipinski definition) is 1. The van der Waals surface area contributed by atoms with Crippen LogP contribution in [0.1, 0.15) is 11.1 Å². The van der Waals surface area contributed by atoms with Crippen LogP contribution in [-0.4, -0.2) is 17.9 Å². The van der Waals surface area contributed by atoms with Gasteiger partial charge < -0.3 is 14.8 Å². The molecule has 0 heterocycles. The molecule has 1 amide bonds. The summed E-state index contributed by atoms with van der Waals surface area (Å²) < 4.78 is 12.6. The Hall–Kier alpha value is -3.68. The molecular formula is C24H17Br2N3O5. The Morgan fingerprint density at radius 2 is 1.94 bits per heavy atom. The van der Waals surface area contributed by atoms with Crippen molar-refractivity contribution in [3.8, 4) is 17.6 Å². The average Bonchev–Trinajstić information content (AvgIpc) is 2.81. The lowest BCUT2D eigenvalue weighted by atomic mass is 10.1. The number of nitrogens with zero attached hydrogens (tertiary/aromatic N) is 2. The molecule has 0 fully saturated rings. The molecule has 0 spiro atoms. The van der Waals surface area contributed by atoms with Gasteiger partial charge in [-0.25, -0.2) is 0 Å². The zero-order valence-electron chi connectivity index (χ0n) is 17.7. The van der Waals surface area contributed by atoms with Gasteiger partial charge in [-0.3, -0.25) is 14.9 Å². The van der Waals surface area contributed by atoms with Crippen LogP contribution in [0.15, 0.2) is 75.2 Å². The normalized spacial score (nSPS) is 10.8. The van der Waals surface area contributed by atoms with Gasteiger partial charge in [0.05, 0.1) is 16.5 Å². The standard InChI is InChI=1S/C24H17Br2N3O5/c1-33-22-11-16(8-17(13-27)24(30)28-19-6-3-5-18(25)12-19)10-21(26)23(22)34-14-15-4-2-7-20(9-15)29(31)32/h2-12H,14H2,1H3,(H,28,30)/b17-8-. The number of ether oxygens (including phenoxy) is 2. The third-order valence-electron chi connectivity index (χ3n) is 4.51. The summed E-state index contributed by atoms with van der Waals surface area (Å²) in [7, 11) is 1.46. The van der Waals surface area contributed by atoms with E-state index in [1.165, 1.54) is 25.3 Å². The highest BCUT2D eigenvalue weighted by Gasteiger charge is 2.15. The first-order valence-corrected chi connectivity index (χ1v) is 11.3. The molecule has 0 saturated heterocycles. The Morgan fingerprint density at radius 1 is 1.18 bits per heavy atom. The van der Waals surface area contributed by atoms with Crippen LogP contribution in [-0.2, 0) is 11.4 Å². The number of nitro benzene ring substituents is 1. The van der Waals surface area contributed by atoms with Crippen LogP contribution in [0.2, 0.25) is 0 Å². The minimum Gasteiger partial charge on any atom is -0.493 e. The Bertz CT molecular complexity index is 1320. The van der Waals surface area contributed by atoms with E-state index in [-0.39, 0.29) is 17.9 Å². The highest BCUT2D eigenvalue weighted by molar-refractivity contribution is 9.10. The summed E-state index contributed by atoms with van der Waals surface area (Å²) in [5.74, 6) is 0.181. The van der Waals surface area contributed by atoms with Crippen molar-refractivity contribution in [2.24, 2.45) is 0 Å². The van der Waals surface area contributed by atoms with Gasteiger partial charge >= 0.3 is 0 Å². The van der Waals surface area contributed by atoms with E-state index in [9.17, 15) is 20.2 Å². The molecule has 10 heteroatoms. The number of carbonyl (C=O) groups excluding carboxylic acids is 1. The van der Waals surface area contributed by atoms with Crippen LogP contribution >= 0.6 is 31.9 Å². The molecule has 3 aromatic carbocycles. The van der Waals surface area contributed by atoms with E-state index in [0.29, 0.717) is 32.8 Å². The Kier molecular flexibility index (Phi) is 8.40. The number of amides is 1. The lowest BCUT2D eigenvalue weighted by Gasteiger charge is -2.14. The minimum absolute atomic E-state index is 0.0298. The summed E-state index contributed by atoms with van der Waals surface area (Å²) in [6.07, 6.45) is 1.44. The third kappa shape index (κ3) is 6.43. The van der Waals surface area contributed by atoms with Gasteiger partial charge in [-0.15, -0.1) is 0 Å². The maximum atomic E-state index is 12.6. The van der Waals surface area contributed by atoms with Crippen LogP contribution in [0.5, 0.6) is 11.5 Å². The first kappa shape index (κ1) is 25.0. The second-order valence-electron chi connectivity index (χ2n) is 6.88. The van der Waals surface area contributed by atoms with Crippen molar-refractivity contribution in [2.45, 2.75) is 6.61 Å². The number of rotatable bonds is 8. The molecule has 172 valence electrons. The van der Waals surface area contributed by atoms with Gasteiger partial charge in [0.2, 0.25) is 0 Å². The van der Waals surface area contributed by atoms with Crippen molar-refractivity contribution in [1.82, 2.24) is 0 Å². The van der Waals surface area contributed by atoms with Crippen molar-refractivity contribution in [3.63, 3.8) is 0 Å². The van der Waals surface area contributed by atoms with Gasteiger partial charge in [0.15, 0.2) is 11.5 Å². The van der Waals surface area contributed by atoms with Crippen LogP contribution < -0.4 is 14.8 Å². The summed E-state index contributed by atoms with van der Waals surface area (Å²) in [5.41, 5.74) is 1.57. The zero-order valence-corrected chi connectivity index (χ0v) is 20.9. The number of carbonyl (C=O) groups is 1. The minimum atomic E-state index is -0.554. The maximum absolute atomic E-state index is 12.6. The highest BCUT2D eigenvalue weighted by atomic mass is 79.9. The van der Waals surface area contributed by atoms with E-state index in [1.807, 2.05) is 12.1 Å². The fraction of sp³-hybridized carbons (Fsp3) is 0.0833. The molecule has 0 atom stereocenters. The number of anilines is 1. The summed E-state index contributed by atoms with van der Waals surface area (Å²) >= 11 is 6.77. The van der Waals surface area contributed by atoms with E-state index in [4.69, 9.17) is 9.47 Å². The predicted molar refractivity (Wildman–Crippen MR) is 134 cm³/mol. The van der Waals surface area contributed by atoms with Crippen molar-refractivity contribution in [2.75, 3.05) is 12.4 Å². The van der Waals surface area contributed by atoms with E-state index in [1.54, 1.807) is 42.5 Å². The summed E-state index contributed by atoms with van der Waals surface area (Å²) in [6.45, 7) is 0.0737. The number of methoxy groups -OCH3 is 1. The van der Waals surface area contributed by atoms with Crippen molar-refractivity contribution in [1.29, 1.82) is 5.26 Å². The molecule has 0 saturated carbocycles. The number of benzene rings is 3. The molecule has 1 N–H and O–H groups in total. The van der Waals surface area contributed by atoms with E-state index in [0.717, 1.165) is 4.47 Å². The molecule has 0 aliphatic rings. The smallest absolute Gasteiger partial charge is 0.269 e. The number of non-ortho nitro benzene ring substituents is 1. The molecule has 0 unspecified atom stereocenters. The van der Waals surface area contributed by atoms with Crippen molar-refractivity contribution >= 4 is 55.2 Å². The molecule has 3 aromatic rings. The topological polar surface area (TPSA) is 114 Å². The van der Waals surface area contributed by atoms with E-state index < -0.39 is 10.8 Å². The van der Waals surface area contributed by atoms with Gasteiger partial charge in [-0.2, -0.15) is 5.26 Å². The number of halogens is 2. The van der Waals surface area contributed by atoms with Crippen molar-refractivity contribution in [3.05, 3.63) is 96.4 Å². The molecule has 3 rings (SSSR count). The second-order valence-corrected chi connectivity index (χ2v) is 8.65. The van der Waals surface area contributed by atoms with E-state index in [2.05, 4.69) is 37.2 Å². The molecule has 0 aliphatic carbocycles. The fourth-order valence-electron chi connectivity index (χ4n) is 2.96. The molecular weight excluding hydrogens is 570 g/mol. The van der Waals surface area contributed by atoms with Crippen LogP contribution in [0, 0.1) is 21.4 Å². The van der Waals surface area contributed by atoms with Gasteiger partial charge in [-0.05, 0) is 63.5 Å². The van der Waals surface area contributed by atoms with Gasteiger partial charge in [0, 0.05) is 22.3 Å². The van der Waals surface area contributed by atoms with Gasteiger partial charge in [-0.1, -0.05) is 34.1 Å². The summed E-state index contributed by atoms with van der Waals surface area (Å²) in [4.78, 5) is 23.1. The Balaban J connectivity index is 1.82. The molecule has 0 radical (unpaired) electrons. The fourth-order valence-corrected chi connectivity index (χ4v) is 3.93. The number of nitriles is 1. The Labute approximate surface area is 212 Å². The molecule has 8 nitrogen and oxygen atoms in total.